The summed E-state index contributed by atoms with van der Waals surface area (Å²) < 4.78 is 11.5. The number of benzene rings is 2. The van der Waals surface area contributed by atoms with Gasteiger partial charge in [0.2, 0.25) is 11.8 Å². The minimum Gasteiger partial charge on any atom is -0.478 e. The zero-order valence-corrected chi connectivity index (χ0v) is 20.6. The molecule has 36 heavy (non-hydrogen) atoms. The van der Waals surface area contributed by atoms with E-state index in [1.165, 1.54) is 6.07 Å². The van der Waals surface area contributed by atoms with Gasteiger partial charge in [-0.25, -0.2) is 14.6 Å². The topological polar surface area (TPSA) is 123 Å². The molecular formula is C27H28N4O5. The number of hydrogen-bond acceptors (Lipinski definition) is 7. The van der Waals surface area contributed by atoms with Crippen molar-refractivity contribution < 1.29 is 24.2 Å². The molecule has 0 fully saturated rings. The molecule has 1 heterocycles. The molecule has 2 aromatic carbocycles. The number of carbonyl (C=O) groups excluding carboxylic acids is 1. The van der Waals surface area contributed by atoms with Gasteiger partial charge in [-0.05, 0) is 82.0 Å². The van der Waals surface area contributed by atoms with Gasteiger partial charge in [0, 0.05) is 29.2 Å². The Balaban J connectivity index is 1.56. The molecule has 0 saturated carbocycles. The number of ether oxygens (including phenoxy) is 2. The highest BCUT2D eigenvalue weighted by atomic mass is 16.6. The van der Waals surface area contributed by atoms with Crippen molar-refractivity contribution in [3.8, 4) is 11.6 Å². The average Bonchev–Trinajstić information content (AvgIpc) is 2.79. The lowest BCUT2D eigenvalue weighted by Gasteiger charge is -2.22. The summed E-state index contributed by atoms with van der Waals surface area (Å²) in [6, 6.07) is 10.1. The molecule has 9 heteroatoms. The van der Waals surface area contributed by atoms with Crippen LogP contribution in [0.4, 0.5) is 22.1 Å². The van der Waals surface area contributed by atoms with Gasteiger partial charge in [0.25, 0.3) is 0 Å². The van der Waals surface area contributed by atoms with Gasteiger partial charge >= 0.3 is 12.1 Å². The molecule has 4 rings (SSSR count). The van der Waals surface area contributed by atoms with Gasteiger partial charge < -0.3 is 19.9 Å². The number of fused-ring (bicyclic) bond motifs is 1. The average molecular weight is 489 g/mol. The van der Waals surface area contributed by atoms with E-state index < -0.39 is 17.7 Å². The molecule has 1 amide bonds. The van der Waals surface area contributed by atoms with Crippen LogP contribution in [0.1, 0.15) is 54.2 Å². The number of carboxylic acids is 1. The maximum atomic E-state index is 12.3. The minimum absolute atomic E-state index is 0.170. The number of carboxylic acid groups (broad SMARTS) is 1. The molecule has 0 saturated heterocycles. The highest BCUT2D eigenvalue weighted by Crippen LogP contribution is 2.36. The zero-order valence-electron chi connectivity index (χ0n) is 20.6. The summed E-state index contributed by atoms with van der Waals surface area (Å²) in [5, 5.41) is 15.2. The Bertz CT molecular complexity index is 1340. The maximum Gasteiger partial charge on any atom is 0.412 e. The first-order valence-electron chi connectivity index (χ1n) is 11.5. The van der Waals surface area contributed by atoms with E-state index in [9.17, 15) is 14.7 Å². The quantitative estimate of drug-likeness (QED) is 0.368. The fraction of sp³-hybridized carbons (Fsp3) is 0.259. The molecule has 186 valence electrons. The van der Waals surface area contributed by atoms with Crippen LogP contribution in [-0.4, -0.2) is 32.7 Å². The predicted octanol–water partition coefficient (Wildman–Crippen LogP) is 6.33. The Morgan fingerprint density at radius 3 is 2.67 bits per heavy atom. The van der Waals surface area contributed by atoms with Crippen LogP contribution in [0.3, 0.4) is 0 Å². The third-order valence-electron chi connectivity index (χ3n) is 5.22. The minimum atomic E-state index is -1.01. The van der Waals surface area contributed by atoms with E-state index in [1.54, 1.807) is 36.5 Å². The van der Waals surface area contributed by atoms with Gasteiger partial charge in [0.1, 0.15) is 11.4 Å². The molecular weight excluding hydrogens is 460 g/mol. The first-order valence-corrected chi connectivity index (χ1v) is 11.5. The van der Waals surface area contributed by atoms with E-state index in [4.69, 9.17) is 9.47 Å². The van der Waals surface area contributed by atoms with Crippen LogP contribution in [0, 0.1) is 6.92 Å². The molecule has 0 bridgehead atoms. The van der Waals surface area contributed by atoms with Gasteiger partial charge in [0.15, 0.2) is 0 Å². The lowest BCUT2D eigenvalue weighted by Crippen LogP contribution is -2.27. The van der Waals surface area contributed by atoms with Gasteiger partial charge in [-0.15, -0.1) is 0 Å². The molecule has 3 N–H and O–H groups in total. The summed E-state index contributed by atoms with van der Waals surface area (Å²) in [5.74, 6) is 0.154. The Morgan fingerprint density at radius 1 is 1.11 bits per heavy atom. The molecule has 0 spiro atoms. The van der Waals surface area contributed by atoms with E-state index in [0.29, 0.717) is 23.0 Å². The third kappa shape index (κ3) is 6.18. The highest BCUT2D eigenvalue weighted by molar-refractivity contribution is 5.89. The first-order chi connectivity index (χ1) is 17.1. The van der Waals surface area contributed by atoms with Crippen LogP contribution < -0.4 is 15.4 Å². The van der Waals surface area contributed by atoms with Crippen molar-refractivity contribution in [3.63, 3.8) is 0 Å². The van der Waals surface area contributed by atoms with Crippen LogP contribution in [0.2, 0.25) is 0 Å². The molecule has 0 unspecified atom stereocenters. The number of aromatic nitrogens is 2. The molecule has 0 atom stereocenters. The summed E-state index contributed by atoms with van der Waals surface area (Å²) in [5.41, 5.74) is 3.41. The van der Waals surface area contributed by atoms with Crippen molar-refractivity contribution in [1.29, 1.82) is 0 Å². The normalized spacial score (nSPS) is 12.4. The summed E-state index contributed by atoms with van der Waals surface area (Å²) in [7, 11) is 0. The Kier molecular flexibility index (Phi) is 6.91. The summed E-state index contributed by atoms with van der Waals surface area (Å²) in [6.07, 6.45) is 6.65. The van der Waals surface area contributed by atoms with Crippen molar-refractivity contribution in [2.24, 2.45) is 0 Å². The second-order valence-corrected chi connectivity index (χ2v) is 9.41. The fourth-order valence-corrected chi connectivity index (χ4v) is 3.82. The number of rotatable bonds is 6. The van der Waals surface area contributed by atoms with Crippen LogP contribution >= 0.6 is 0 Å². The van der Waals surface area contributed by atoms with Crippen molar-refractivity contribution in [2.45, 2.75) is 46.1 Å². The largest absolute Gasteiger partial charge is 0.478 e. The Morgan fingerprint density at radius 2 is 1.92 bits per heavy atom. The molecule has 0 radical (unpaired) electrons. The summed E-state index contributed by atoms with van der Waals surface area (Å²) >= 11 is 0. The van der Waals surface area contributed by atoms with Crippen molar-refractivity contribution in [1.82, 2.24) is 9.97 Å². The number of anilines is 3. The van der Waals surface area contributed by atoms with Crippen LogP contribution in [-0.2, 0) is 11.2 Å². The number of amides is 1. The second kappa shape index (κ2) is 10.1. The standard InChI is InChI=1S/C27H28N4O5/c1-16-13-17(24(32)33)15-18(14-16)29-25-28-12-11-23(31-25)35-22-10-9-21(19-7-5-6-8-20(19)22)30-26(34)36-27(2,3)4/h6,8-15H,5,7H2,1-4H3,(H,30,34)(H,32,33)(H,28,29,31). The fourth-order valence-electron chi connectivity index (χ4n) is 3.82. The van der Waals surface area contributed by atoms with E-state index in [1.807, 2.05) is 33.8 Å². The second-order valence-electron chi connectivity index (χ2n) is 9.41. The van der Waals surface area contributed by atoms with Crippen molar-refractivity contribution in [2.75, 3.05) is 10.6 Å². The summed E-state index contributed by atoms with van der Waals surface area (Å²) in [6.45, 7) is 7.26. The molecule has 1 aliphatic rings. The first kappa shape index (κ1) is 24.7. The van der Waals surface area contributed by atoms with Gasteiger partial charge in [-0.1, -0.05) is 12.2 Å². The van der Waals surface area contributed by atoms with E-state index in [-0.39, 0.29) is 11.5 Å². The third-order valence-corrected chi connectivity index (χ3v) is 5.22. The van der Waals surface area contributed by atoms with Gasteiger partial charge in [-0.2, -0.15) is 4.98 Å². The van der Waals surface area contributed by atoms with Crippen LogP contribution in [0.15, 0.2) is 48.7 Å². The number of allylic oxidation sites excluding steroid dienone is 1. The highest BCUT2D eigenvalue weighted by Gasteiger charge is 2.21. The monoisotopic (exact) mass is 488 g/mol. The molecule has 0 aliphatic heterocycles. The van der Waals surface area contributed by atoms with E-state index >= 15 is 0 Å². The number of nitrogens with zero attached hydrogens (tertiary/aromatic N) is 2. The van der Waals surface area contributed by atoms with Crippen molar-refractivity contribution in [3.05, 3.63) is 70.9 Å². The predicted molar refractivity (Wildman–Crippen MR) is 137 cm³/mol. The van der Waals surface area contributed by atoms with Gasteiger partial charge in [0.05, 0.1) is 5.56 Å². The Labute approximate surface area is 209 Å². The summed E-state index contributed by atoms with van der Waals surface area (Å²) in [4.78, 5) is 32.3. The number of aryl methyl sites for hydroxylation is 1. The lowest BCUT2D eigenvalue weighted by atomic mass is 9.95. The van der Waals surface area contributed by atoms with Crippen LogP contribution in [0.25, 0.3) is 6.08 Å². The smallest absolute Gasteiger partial charge is 0.412 e. The number of aromatic carboxylic acids is 1. The Hall–Kier alpha value is -4.40. The maximum absolute atomic E-state index is 12.3. The van der Waals surface area contributed by atoms with E-state index in [0.717, 1.165) is 29.5 Å². The van der Waals surface area contributed by atoms with Crippen molar-refractivity contribution >= 4 is 35.5 Å². The number of nitrogens with one attached hydrogen (secondary N) is 2. The van der Waals surface area contributed by atoms with E-state index in [2.05, 4.69) is 26.7 Å². The lowest BCUT2D eigenvalue weighted by molar-refractivity contribution is 0.0634. The molecule has 3 aromatic rings. The SMILES string of the molecule is Cc1cc(Nc2nccc(Oc3ccc(NC(=O)OC(C)(C)C)c4c3C=CCC4)n2)cc(C(=O)O)c1. The zero-order chi connectivity index (χ0) is 25.9. The number of carbonyl (C=O) groups is 2. The number of hydrogen-bond donors (Lipinski definition) is 3. The molecule has 1 aliphatic carbocycles. The van der Waals surface area contributed by atoms with Crippen LogP contribution in [0.5, 0.6) is 11.6 Å². The van der Waals surface area contributed by atoms with Gasteiger partial charge in [-0.3, -0.25) is 5.32 Å². The molecule has 1 aromatic heterocycles. The molecule has 9 nitrogen and oxygen atoms in total.